The van der Waals surface area contributed by atoms with Gasteiger partial charge in [0.2, 0.25) is 5.91 Å². The Morgan fingerprint density at radius 3 is 2.68 bits per heavy atom. The number of ether oxygens (including phenoxy) is 1. The summed E-state index contributed by atoms with van der Waals surface area (Å²) < 4.78 is 5.22. The minimum absolute atomic E-state index is 0.134. The average molecular weight is 356 g/mol. The Labute approximate surface area is 144 Å². The zero-order valence-corrected chi connectivity index (χ0v) is 14.4. The first kappa shape index (κ1) is 17.0. The third-order valence-electron chi connectivity index (χ3n) is 2.93. The highest BCUT2D eigenvalue weighted by Crippen LogP contribution is 2.33. The monoisotopic (exact) mass is 355 g/mol. The molecule has 0 spiro atoms. The molecule has 0 saturated heterocycles. The maximum Gasteiger partial charge on any atom is 0.237 e. The van der Waals surface area contributed by atoms with Crippen LogP contribution in [0.15, 0.2) is 47.4 Å². The SMILES string of the molecule is COc1ccccc1NC(=O)[C@@H](C)Sc1cc(Cl)ccc1Cl. The normalized spacial score (nSPS) is 11.8. The van der Waals surface area contributed by atoms with Crippen LogP contribution in [0.25, 0.3) is 0 Å². The van der Waals surface area contributed by atoms with Crippen molar-refractivity contribution in [3.63, 3.8) is 0 Å². The Hall–Kier alpha value is -1.36. The van der Waals surface area contributed by atoms with Crippen LogP contribution < -0.4 is 10.1 Å². The zero-order valence-electron chi connectivity index (χ0n) is 12.1. The van der Waals surface area contributed by atoms with Crippen LogP contribution in [0, 0.1) is 0 Å². The fraction of sp³-hybridized carbons (Fsp3) is 0.188. The molecule has 22 heavy (non-hydrogen) atoms. The molecule has 3 nitrogen and oxygen atoms in total. The summed E-state index contributed by atoms with van der Waals surface area (Å²) in [4.78, 5) is 13.1. The number of hydrogen-bond donors (Lipinski definition) is 1. The van der Waals surface area contributed by atoms with Crippen LogP contribution in [-0.2, 0) is 4.79 Å². The number of rotatable bonds is 5. The predicted molar refractivity (Wildman–Crippen MR) is 93.4 cm³/mol. The van der Waals surface area contributed by atoms with Crippen molar-refractivity contribution in [1.82, 2.24) is 0 Å². The molecule has 0 aliphatic carbocycles. The fourth-order valence-electron chi connectivity index (χ4n) is 1.79. The van der Waals surface area contributed by atoms with Crippen LogP contribution in [-0.4, -0.2) is 18.3 Å². The van der Waals surface area contributed by atoms with E-state index >= 15 is 0 Å². The molecule has 0 aliphatic rings. The molecular formula is C16H15Cl2NO2S. The van der Waals surface area contributed by atoms with Gasteiger partial charge in [-0.25, -0.2) is 0 Å². The van der Waals surface area contributed by atoms with Crippen molar-refractivity contribution in [3.05, 3.63) is 52.5 Å². The molecule has 2 aromatic carbocycles. The molecule has 0 unspecified atom stereocenters. The van der Waals surface area contributed by atoms with Gasteiger partial charge in [-0.2, -0.15) is 0 Å². The number of thioether (sulfide) groups is 1. The lowest BCUT2D eigenvalue weighted by molar-refractivity contribution is -0.115. The number of nitrogens with one attached hydrogen (secondary N) is 1. The van der Waals surface area contributed by atoms with Gasteiger partial charge in [0.25, 0.3) is 0 Å². The zero-order chi connectivity index (χ0) is 16.1. The van der Waals surface area contributed by atoms with Crippen LogP contribution in [0.1, 0.15) is 6.92 Å². The Morgan fingerprint density at radius 2 is 1.95 bits per heavy atom. The highest BCUT2D eigenvalue weighted by atomic mass is 35.5. The third kappa shape index (κ3) is 4.32. The number of hydrogen-bond acceptors (Lipinski definition) is 3. The summed E-state index contributed by atoms with van der Waals surface area (Å²) in [5.41, 5.74) is 0.639. The van der Waals surface area contributed by atoms with Crippen molar-refractivity contribution in [2.24, 2.45) is 0 Å². The molecule has 1 atom stereocenters. The highest BCUT2D eigenvalue weighted by molar-refractivity contribution is 8.00. The fourth-order valence-corrected chi connectivity index (χ4v) is 3.20. The smallest absolute Gasteiger partial charge is 0.237 e. The molecule has 116 valence electrons. The molecule has 1 N–H and O–H groups in total. The third-order valence-corrected chi connectivity index (χ3v) is 4.77. The van der Waals surface area contributed by atoms with Gasteiger partial charge in [-0.05, 0) is 37.3 Å². The number of benzene rings is 2. The lowest BCUT2D eigenvalue weighted by Crippen LogP contribution is -2.22. The highest BCUT2D eigenvalue weighted by Gasteiger charge is 2.17. The first-order chi connectivity index (χ1) is 10.5. The topological polar surface area (TPSA) is 38.3 Å². The van der Waals surface area contributed by atoms with Crippen molar-refractivity contribution in [3.8, 4) is 5.75 Å². The van der Waals surface area contributed by atoms with Gasteiger partial charge in [0, 0.05) is 9.92 Å². The van der Waals surface area contributed by atoms with E-state index in [1.165, 1.54) is 11.8 Å². The van der Waals surface area contributed by atoms with Gasteiger partial charge in [-0.15, -0.1) is 11.8 Å². The standard InChI is InChI=1S/C16H15Cl2NO2S/c1-10(22-15-9-11(17)7-8-12(15)18)16(20)19-13-5-3-4-6-14(13)21-2/h3-10H,1-2H3,(H,19,20)/t10-/m1/s1. The largest absolute Gasteiger partial charge is 0.495 e. The second kappa shape index (κ2) is 7.77. The first-order valence-corrected chi connectivity index (χ1v) is 8.20. The maximum atomic E-state index is 12.3. The second-order valence-corrected chi connectivity index (χ2v) is 6.75. The molecule has 1 amide bonds. The number of para-hydroxylation sites is 2. The van der Waals surface area contributed by atoms with E-state index in [4.69, 9.17) is 27.9 Å². The van der Waals surface area contributed by atoms with Gasteiger partial charge in [0.1, 0.15) is 5.75 Å². The summed E-state index contributed by atoms with van der Waals surface area (Å²) in [5.74, 6) is 0.486. The number of anilines is 1. The van der Waals surface area contributed by atoms with E-state index < -0.39 is 0 Å². The summed E-state index contributed by atoms with van der Waals surface area (Å²) in [6.07, 6.45) is 0. The van der Waals surface area contributed by atoms with Crippen LogP contribution in [0.5, 0.6) is 5.75 Å². The second-order valence-electron chi connectivity index (χ2n) is 4.52. The van der Waals surface area contributed by atoms with Crippen molar-refractivity contribution < 1.29 is 9.53 Å². The Kier molecular flexibility index (Phi) is 6.00. The molecule has 0 bridgehead atoms. The molecule has 0 saturated carbocycles. The Morgan fingerprint density at radius 1 is 1.23 bits per heavy atom. The predicted octanol–water partition coefficient (Wildman–Crippen LogP) is 5.12. The van der Waals surface area contributed by atoms with Crippen molar-refractivity contribution >= 4 is 46.6 Å². The minimum Gasteiger partial charge on any atom is -0.495 e. The van der Waals surface area contributed by atoms with Gasteiger partial charge >= 0.3 is 0 Å². The summed E-state index contributed by atoms with van der Waals surface area (Å²) in [7, 11) is 1.56. The van der Waals surface area contributed by atoms with E-state index in [0.29, 0.717) is 21.5 Å². The molecule has 2 rings (SSSR count). The van der Waals surface area contributed by atoms with Crippen molar-refractivity contribution in [1.29, 1.82) is 0 Å². The quantitative estimate of drug-likeness (QED) is 0.756. The molecule has 0 fully saturated rings. The maximum absolute atomic E-state index is 12.3. The van der Waals surface area contributed by atoms with Crippen molar-refractivity contribution in [2.75, 3.05) is 12.4 Å². The van der Waals surface area contributed by atoms with Crippen LogP contribution in [0.2, 0.25) is 10.0 Å². The van der Waals surface area contributed by atoms with Crippen LogP contribution in [0.4, 0.5) is 5.69 Å². The minimum atomic E-state index is -0.333. The van der Waals surface area contributed by atoms with Gasteiger partial charge in [0.05, 0.1) is 23.1 Å². The van der Waals surface area contributed by atoms with E-state index in [1.54, 1.807) is 37.4 Å². The first-order valence-electron chi connectivity index (χ1n) is 6.57. The van der Waals surface area contributed by atoms with Crippen LogP contribution >= 0.6 is 35.0 Å². The number of carbonyl (C=O) groups is 1. The summed E-state index contributed by atoms with van der Waals surface area (Å²) in [6, 6.07) is 12.5. The lowest BCUT2D eigenvalue weighted by atomic mass is 10.3. The van der Waals surface area contributed by atoms with E-state index in [-0.39, 0.29) is 11.2 Å². The average Bonchev–Trinajstić information content (AvgIpc) is 2.51. The number of methoxy groups -OCH3 is 1. The summed E-state index contributed by atoms with van der Waals surface area (Å²) >= 11 is 13.4. The number of amides is 1. The van der Waals surface area contributed by atoms with E-state index in [0.717, 1.165) is 4.90 Å². The van der Waals surface area contributed by atoms with Gasteiger partial charge in [0.15, 0.2) is 0 Å². The molecule has 6 heteroatoms. The summed E-state index contributed by atoms with van der Waals surface area (Å²) in [5, 5.41) is 3.68. The van der Waals surface area contributed by atoms with Crippen LogP contribution in [0.3, 0.4) is 0 Å². The number of halogens is 2. The van der Waals surface area contributed by atoms with E-state index in [9.17, 15) is 4.79 Å². The molecule has 0 aliphatic heterocycles. The molecule has 0 aromatic heterocycles. The molecular weight excluding hydrogens is 341 g/mol. The summed E-state index contributed by atoms with van der Waals surface area (Å²) in [6.45, 7) is 1.81. The molecule has 0 heterocycles. The molecule has 0 radical (unpaired) electrons. The van der Waals surface area contributed by atoms with Gasteiger partial charge in [-0.1, -0.05) is 35.3 Å². The molecule has 2 aromatic rings. The Bertz CT molecular complexity index is 679. The Balaban J connectivity index is 2.07. The number of carbonyl (C=O) groups excluding carboxylic acids is 1. The van der Waals surface area contributed by atoms with Gasteiger partial charge < -0.3 is 10.1 Å². The lowest BCUT2D eigenvalue weighted by Gasteiger charge is -2.14. The van der Waals surface area contributed by atoms with E-state index in [2.05, 4.69) is 5.32 Å². The van der Waals surface area contributed by atoms with E-state index in [1.807, 2.05) is 19.1 Å². The van der Waals surface area contributed by atoms with Gasteiger partial charge in [-0.3, -0.25) is 4.79 Å². The van der Waals surface area contributed by atoms with Crippen molar-refractivity contribution in [2.45, 2.75) is 17.1 Å².